The summed E-state index contributed by atoms with van der Waals surface area (Å²) in [6.07, 6.45) is 1.45. The number of benzene rings is 1. The summed E-state index contributed by atoms with van der Waals surface area (Å²) in [4.78, 5) is 11.2. The molecule has 0 aliphatic carbocycles. The average molecular weight is 345 g/mol. The number of alkyl halides is 3. The highest BCUT2D eigenvalue weighted by Crippen LogP contribution is 2.36. The Morgan fingerprint density at radius 3 is 2.78 bits per heavy atom. The topological polar surface area (TPSA) is 67.2 Å². The molecule has 0 saturated heterocycles. The van der Waals surface area contributed by atoms with Gasteiger partial charge in [-0.3, -0.25) is 4.68 Å². The number of rotatable bonds is 6. The zero-order valence-corrected chi connectivity index (χ0v) is 12.9. The number of nitrogens with one attached hydrogen (secondary N) is 1. The zero-order valence-electron chi connectivity index (χ0n) is 12.1. The number of hydrogen-bond acceptors (Lipinski definition) is 4. The summed E-state index contributed by atoms with van der Waals surface area (Å²) in [6, 6.07) is 6.10. The molecule has 2 rings (SSSR count). The van der Waals surface area contributed by atoms with Crippen molar-refractivity contribution in [1.82, 2.24) is 15.1 Å². The first-order valence-corrected chi connectivity index (χ1v) is 7.37. The minimum atomic E-state index is -4.32. The highest BCUT2D eigenvalue weighted by molar-refractivity contribution is 8.00. The van der Waals surface area contributed by atoms with Crippen LogP contribution in [0.2, 0.25) is 0 Å². The predicted octanol–water partition coefficient (Wildman–Crippen LogP) is 3.02. The van der Waals surface area contributed by atoms with Crippen molar-refractivity contribution < 1.29 is 23.1 Å². The Labute approximate surface area is 134 Å². The SMILES string of the molecule is Cn1ncc(CNCc2cccc(SC(F)(F)F)c2)c1C(=O)O. The summed E-state index contributed by atoms with van der Waals surface area (Å²) < 4.78 is 38.3. The van der Waals surface area contributed by atoms with Gasteiger partial charge in [-0.1, -0.05) is 12.1 Å². The Kier molecular flexibility index (Phi) is 5.32. The van der Waals surface area contributed by atoms with E-state index in [-0.39, 0.29) is 28.9 Å². The van der Waals surface area contributed by atoms with E-state index in [1.807, 2.05) is 0 Å². The van der Waals surface area contributed by atoms with Gasteiger partial charge in [0.05, 0.1) is 6.20 Å². The first kappa shape index (κ1) is 17.4. The number of hydrogen-bond donors (Lipinski definition) is 2. The van der Waals surface area contributed by atoms with E-state index in [1.54, 1.807) is 12.1 Å². The van der Waals surface area contributed by atoms with Crippen LogP contribution in [0.5, 0.6) is 0 Å². The van der Waals surface area contributed by atoms with Crippen molar-refractivity contribution in [2.24, 2.45) is 7.05 Å². The van der Waals surface area contributed by atoms with Crippen molar-refractivity contribution in [3.8, 4) is 0 Å². The van der Waals surface area contributed by atoms with Gasteiger partial charge in [0.2, 0.25) is 0 Å². The number of carboxylic acids is 1. The Balaban J connectivity index is 1.97. The molecule has 0 radical (unpaired) electrons. The lowest BCUT2D eigenvalue weighted by Gasteiger charge is -2.08. The molecule has 23 heavy (non-hydrogen) atoms. The number of aromatic carboxylic acids is 1. The molecule has 0 aliphatic heterocycles. The number of carbonyl (C=O) groups is 1. The van der Waals surface area contributed by atoms with E-state index in [2.05, 4.69) is 10.4 Å². The molecule has 1 aromatic carbocycles. The number of aromatic nitrogens is 2. The maximum Gasteiger partial charge on any atom is 0.446 e. The largest absolute Gasteiger partial charge is 0.477 e. The summed E-state index contributed by atoms with van der Waals surface area (Å²) in [5, 5.41) is 16.0. The Morgan fingerprint density at radius 2 is 2.13 bits per heavy atom. The van der Waals surface area contributed by atoms with Crippen molar-refractivity contribution in [2.75, 3.05) is 0 Å². The summed E-state index contributed by atoms with van der Waals surface area (Å²) >= 11 is -0.164. The smallest absolute Gasteiger partial charge is 0.446 e. The van der Waals surface area contributed by atoms with Crippen LogP contribution in [0.25, 0.3) is 0 Å². The number of thioether (sulfide) groups is 1. The summed E-state index contributed by atoms with van der Waals surface area (Å²) in [5.41, 5.74) is -3.04. The van der Waals surface area contributed by atoms with Gasteiger partial charge in [-0.15, -0.1) is 0 Å². The average Bonchev–Trinajstić information content (AvgIpc) is 2.78. The monoisotopic (exact) mass is 345 g/mol. The van der Waals surface area contributed by atoms with Gasteiger partial charge in [-0.05, 0) is 29.5 Å². The fourth-order valence-corrected chi connectivity index (χ4v) is 2.71. The van der Waals surface area contributed by atoms with Crippen molar-refractivity contribution in [3.63, 3.8) is 0 Å². The Hall–Kier alpha value is -2.00. The molecule has 0 fully saturated rings. The number of nitrogens with zero attached hydrogens (tertiary/aromatic N) is 2. The van der Waals surface area contributed by atoms with Crippen molar-refractivity contribution in [1.29, 1.82) is 0 Å². The lowest BCUT2D eigenvalue weighted by atomic mass is 10.2. The van der Waals surface area contributed by atoms with Crippen LogP contribution in [0.3, 0.4) is 0 Å². The molecular formula is C14H14F3N3O2S. The zero-order chi connectivity index (χ0) is 17.0. The molecule has 9 heteroatoms. The third-order valence-electron chi connectivity index (χ3n) is 2.99. The molecule has 2 aromatic rings. The second-order valence-electron chi connectivity index (χ2n) is 4.75. The first-order chi connectivity index (χ1) is 10.8. The van der Waals surface area contributed by atoms with Crippen molar-refractivity contribution in [3.05, 3.63) is 47.3 Å². The number of carboxylic acid groups (broad SMARTS) is 1. The van der Waals surface area contributed by atoms with E-state index in [0.717, 1.165) is 0 Å². The minimum absolute atomic E-state index is 0.0823. The van der Waals surface area contributed by atoms with E-state index in [1.165, 1.54) is 30.1 Å². The molecule has 1 aromatic heterocycles. The highest BCUT2D eigenvalue weighted by atomic mass is 32.2. The molecular weight excluding hydrogens is 331 g/mol. The third-order valence-corrected chi connectivity index (χ3v) is 3.71. The van der Waals surface area contributed by atoms with Crippen LogP contribution in [0, 0.1) is 0 Å². The highest BCUT2D eigenvalue weighted by Gasteiger charge is 2.29. The fourth-order valence-electron chi connectivity index (χ4n) is 2.08. The Bertz CT molecular complexity index is 701. The van der Waals surface area contributed by atoms with Crippen molar-refractivity contribution >= 4 is 17.7 Å². The predicted molar refractivity (Wildman–Crippen MR) is 79.1 cm³/mol. The van der Waals surface area contributed by atoms with Gasteiger partial charge in [-0.25, -0.2) is 4.79 Å². The van der Waals surface area contributed by atoms with Crippen LogP contribution in [-0.2, 0) is 20.1 Å². The van der Waals surface area contributed by atoms with Gasteiger partial charge in [0.1, 0.15) is 5.69 Å². The number of halogens is 3. The summed E-state index contributed by atoms with van der Waals surface area (Å²) in [6.45, 7) is 0.576. The molecule has 1 heterocycles. The van der Waals surface area contributed by atoms with Crippen LogP contribution in [-0.4, -0.2) is 26.4 Å². The second-order valence-corrected chi connectivity index (χ2v) is 5.88. The fraction of sp³-hybridized carbons (Fsp3) is 0.286. The van der Waals surface area contributed by atoms with E-state index in [9.17, 15) is 18.0 Å². The molecule has 124 valence electrons. The molecule has 0 bridgehead atoms. The molecule has 5 nitrogen and oxygen atoms in total. The number of aryl methyl sites for hydroxylation is 1. The summed E-state index contributed by atoms with van der Waals surface area (Å²) in [7, 11) is 1.53. The first-order valence-electron chi connectivity index (χ1n) is 6.56. The summed E-state index contributed by atoms with van der Waals surface area (Å²) in [5.74, 6) is -1.08. The lowest BCUT2D eigenvalue weighted by molar-refractivity contribution is -0.0328. The van der Waals surface area contributed by atoms with Gasteiger partial charge in [0.15, 0.2) is 0 Å². The molecule has 0 spiro atoms. The van der Waals surface area contributed by atoms with E-state index in [4.69, 9.17) is 5.11 Å². The molecule has 2 N–H and O–H groups in total. The van der Waals surface area contributed by atoms with Gasteiger partial charge in [0.25, 0.3) is 0 Å². The van der Waals surface area contributed by atoms with Gasteiger partial charge < -0.3 is 10.4 Å². The van der Waals surface area contributed by atoms with E-state index >= 15 is 0 Å². The van der Waals surface area contributed by atoms with E-state index in [0.29, 0.717) is 17.7 Å². The van der Waals surface area contributed by atoms with Gasteiger partial charge in [0, 0.05) is 30.6 Å². The molecule has 0 amide bonds. The van der Waals surface area contributed by atoms with Crippen LogP contribution in [0.1, 0.15) is 21.6 Å². The second kappa shape index (κ2) is 7.05. The maximum atomic E-state index is 12.4. The minimum Gasteiger partial charge on any atom is -0.477 e. The normalized spacial score (nSPS) is 11.7. The lowest BCUT2D eigenvalue weighted by Crippen LogP contribution is -2.16. The molecule has 0 unspecified atom stereocenters. The van der Waals surface area contributed by atoms with Crippen LogP contribution in [0.4, 0.5) is 13.2 Å². The quantitative estimate of drug-likeness (QED) is 0.788. The van der Waals surface area contributed by atoms with Gasteiger partial charge in [-0.2, -0.15) is 18.3 Å². The van der Waals surface area contributed by atoms with Crippen LogP contribution >= 0.6 is 11.8 Å². The molecule has 0 saturated carbocycles. The van der Waals surface area contributed by atoms with Gasteiger partial charge >= 0.3 is 11.5 Å². The maximum absolute atomic E-state index is 12.4. The molecule has 0 aliphatic rings. The van der Waals surface area contributed by atoms with Crippen LogP contribution in [0.15, 0.2) is 35.4 Å². The van der Waals surface area contributed by atoms with Crippen LogP contribution < -0.4 is 5.32 Å². The third kappa shape index (κ3) is 5.00. The van der Waals surface area contributed by atoms with E-state index < -0.39 is 11.5 Å². The van der Waals surface area contributed by atoms with Crippen molar-refractivity contribution in [2.45, 2.75) is 23.5 Å². The Morgan fingerprint density at radius 1 is 1.39 bits per heavy atom. The standard InChI is InChI=1S/C14H14F3N3O2S/c1-20-12(13(21)22)10(8-19-20)7-18-6-9-3-2-4-11(5-9)23-14(15,16)17/h2-5,8,18H,6-7H2,1H3,(H,21,22). The molecule has 0 atom stereocenters.